The first-order chi connectivity index (χ1) is 32.6. The smallest absolute Gasteiger partial charge is 0.261 e. The van der Waals surface area contributed by atoms with Crippen LogP contribution in [0.3, 0.4) is 0 Å². The van der Waals surface area contributed by atoms with E-state index in [1.807, 2.05) is 12.1 Å². The fraction of sp³-hybridized carbons (Fsp3) is 0.661. The molecule has 5 rings (SSSR count). The predicted molar refractivity (Wildman–Crippen MR) is 296 cm³/mol. The number of allylic oxidation sites excluding steroid dienone is 1. The number of rotatable bonds is 25. The SMILES string of the molecule is CC[Si](CC)(CC)O[C@H](CO[Si](c1ccccc1)(c1ccccc1)C(C)(C)C)C(C)(C)[C@H]1C[C@@H](C)C=C(C[C@@H]2C[C@H](O[Si](C(C)C)(C(C)C)C(C)C)[C@@H](C)[C@H](CCOCc3ccc(OC)cc3)O2)O1. The standard InChI is InChI=1S/C59H96O7Si3/c1-18-67(19-2,20-3)66-57(42-62-69(58(12,13)14,52-27-23-21-24-28-52)53-29-25-22-26-30-53)59(15,16)56-38-46(10)37-50(64-56)39-51-40-55(65-68(43(4)5,44(6)7)45(8)9)47(11)54(63-51)35-36-61-41-48-31-33-49(60-17)34-32-48/h21-34,37,43-47,51,54-57H,18-20,35-36,38-42H2,1-17H3/t46-,47-,51+,54-,55-,56+,57+/m0/s1. The second-order valence-corrected chi connectivity index (χ2v) is 37.8. The second kappa shape index (κ2) is 24.9. The normalized spacial score (nSPS) is 22.5. The van der Waals surface area contributed by atoms with Gasteiger partial charge in [-0.25, -0.2) is 0 Å². The summed E-state index contributed by atoms with van der Waals surface area (Å²) in [4.78, 5) is 0. The van der Waals surface area contributed by atoms with E-state index in [0.717, 1.165) is 54.5 Å². The van der Waals surface area contributed by atoms with Crippen molar-refractivity contribution in [1.82, 2.24) is 0 Å². The van der Waals surface area contributed by atoms with Crippen LogP contribution >= 0.6 is 0 Å². The Balaban J connectivity index is 1.44. The molecule has 3 aromatic carbocycles. The van der Waals surface area contributed by atoms with Crippen LogP contribution in [0.2, 0.25) is 39.8 Å². The Kier molecular flexibility index (Phi) is 20.7. The number of hydrogen-bond donors (Lipinski definition) is 0. The lowest BCUT2D eigenvalue weighted by molar-refractivity contribution is -0.141. The van der Waals surface area contributed by atoms with Crippen LogP contribution in [0.1, 0.15) is 142 Å². The van der Waals surface area contributed by atoms with Crippen molar-refractivity contribution in [2.24, 2.45) is 17.3 Å². The highest BCUT2D eigenvalue weighted by molar-refractivity contribution is 6.99. The maximum Gasteiger partial charge on any atom is 0.261 e. The molecule has 7 atom stereocenters. The molecule has 0 aromatic heterocycles. The molecule has 0 saturated carbocycles. The van der Waals surface area contributed by atoms with E-state index in [4.69, 9.17) is 32.2 Å². The number of ether oxygens (including phenoxy) is 4. The van der Waals surface area contributed by atoms with Gasteiger partial charge in [0.1, 0.15) is 11.9 Å². The van der Waals surface area contributed by atoms with Crippen molar-refractivity contribution in [1.29, 1.82) is 0 Å². The van der Waals surface area contributed by atoms with E-state index in [2.05, 4.69) is 190 Å². The topological polar surface area (TPSA) is 64.6 Å². The average molecular weight is 1000 g/mol. The summed E-state index contributed by atoms with van der Waals surface area (Å²) in [6.07, 6.45) is 5.48. The van der Waals surface area contributed by atoms with Gasteiger partial charge >= 0.3 is 0 Å². The van der Waals surface area contributed by atoms with Crippen LogP contribution in [-0.4, -0.2) is 75.8 Å². The second-order valence-electron chi connectivity index (χ2n) is 23.4. The Morgan fingerprint density at radius 2 is 1.28 bits per heavy atom. The molecule has 0 spiro atoms. The third kappa shape index (κ3) is 13.4. The van der Waals surface area contributed by atoms with Gasteiger partial charge in [-0.2, -0.15) is 0 Å². The summed E-state index contributed by atoms with van der Waals surface area (Å²) in [5, 5.41) is 2.44. The first-order valence-electron chi connectivity index (χ1n) is 27.0. The van der Waals surface area contributed by atoms with Gasteiger partial charge in [0.15, 0.2) is 8.32 Å². The van der Waals surface area contributed by atoms with Crippen molar-refractivity contribution in [3.05, 3.63) is 102 Å². The lowest BCUT2D eigenvalue weighted by atomic mass is 9.76. The van der Waals surface area contributed by atoms with Crippen LogP contribution in [0.5, 0.6) is 5.75 Å². The van der Waals surface area contributed by atoms with E-state index in [9.17, 15) is 0 Å². The predicted octanol–water partition coefficient (Wildman–Crippen LogP) is 14.6. The van der Waals surface area contributed by atoms with E-state index in [-0.39, 0.29) is 46.9 Å². The molecule has 0 aliphatic carbocycles. The summed E-state index contributed by atoms with van der Waals surface area (Å²) >= 11 is 0. The molecule has 0 bridgehead atoms. The molecule has 0 amide bonds. The van der Waals surface area contributed by atoms with Crippen molar-refractivity contribution < 1.29 is 32.2 Å². The summed E-state index contributed by atoms with van der Waals surface area (Å²) in [6, 6.07) is 33.4. The third-order valence-corrected chi connectivity index (χ3v) is 32.5. The summed E-state index contributed by atoms with van der Waals surface area (Å²) < 4.78 is 49.5. The molecule has 0 unspecified atom stereocenters. The van der Waals surface area contributed by atoms with Crippen LogP contribution in [0.15, 0.2) is 96.8 Å². The molecule has 2 aliphatic rings. The van der Waals surface area contributed by atoms with Gasteiger partial charge in [-0.05, 0) is 99.1 Å². The molecule has 1 saturated heterocycles. The lowest BCUT2D eigenvalue weighted by Gasteiger charge is -2.50. The van der Waals surface area contributed by atoms with E-state index < -0.39 is 25.0 Å². The van der Waals surface area contributed by atoms with Crippen molar-refractivity contribution in [2.45, 2.75) is 213 Å². The highest BCUT2D eigenvalue weighted by atomic mass is 28.4. The maximum absolute atomic E-state index is 7.78. The minimum atomic E-state index is -2.85. The third-order valence-electron chi connectivity index (χ3n) is 16.7. The molecule has 0 radical (unpaired) electrons. The molecule has 0 N–H and O–H groups in total. The fourth-order valence-corrected chi connectivity index (χ4v) is 25.4. The summed E-state index contributed by atoms with van der Waals surface area (Å²) in [5.41, 5.74) is 2.26. The number of hydrogen-bond acceptors (Lipinski definition) is 7. The molecule has 7 nitrogen and oxygen atoms in total. The zero-order valence-corrected chi connectivity index (χ0v) is 49.4. The van der Waals surface area contributed by atoms with Gasteiger partial charge < -0.3 is 32.2 Å². The van der Waals surface area contributed by atoms with Gasteiger partial charge in [-0.1, -0.05) is 184 Å². The molecular weight excluding hydrogens is 905 g/mol. The Bertz CT molecular complexity index is 1920. The Morgan fingerprint density at radius 1 is 0.725 bits per heavy atom. The highest BCUT2D eigenvalue weighted by Gasteiger charge is 2.54. The molecule has 69 heavy (non-hydrogen) atoms. The van der Waals surface area contributed by atoms with E-state index in [1.54, 1.807) is 7.11 Å². The zero-order valence-electron chi connectivity index (χ0n) is 46.4. The summed E-state index contributed by atoms with van der Waals surface area (Å²) in [5.74, 6) is 2.46. The molecule has 1 fully saturated rings. The Labute approximate surface area is 424 Å². The first-order valence-corrected chi connectivity index (χ1v) is 33.5. The number of methoxy groups -OCH3 is 1. The fourth-order valence-electron chi connectivity index (χ4n) is 12.2. The molecule has 3 aromatic rings. The highest BCUT2D eigenvalue weighted by Crippen LogP contribution is 2.47. The van der Waals surface area contributed by atoms with Crippen LogP contribution in [0, 0.1) is 17.3 Å². The first kappa shape index (κ1) is 57.4. The van der Waals surface area contributed by atoms with Gasteiger partial charge in [-0.15, -0.1) is 0 Å². The van der Waals surface area contributed by atoms with E-state index in [1.165, 1.54) is 10.4 Å². The minimum Gasteiger partial charge on any atom is -0.497 e. The van der Waals surface area contributed by atoms with Crippen LogP contribution < -0.4 is 15.1 Å². The molecule has 2 heterocycles. The zero-order chi connectivity index (χ0) is 50.8. The Morgan fingerprint density at radius 3 is 1.77 bits per heavy atom. The quantitative estimate of drug-likeness (QED) is 0.0619. The molecule has 386 valence electrons. The Hall–Kier alpha value is -2.55. The van der Waals surface area contributed by atoms with Crippen molar-refractivity contribution >= 4 is 35.3 Å². The van der Waals surface area contributed by atoms with Gasteiger partial charge in [0.25, 0.3) is 8.32 Å². The van der Waals surface area contributed by atoms with E-state index in [0.29, 0.717) is 48.8 Å². The lowest BCUT2D eigenvalue weighted by Crippen LogP contribution is -2.67. The van der Waals surface area contributed by atoms with Gasteiger partial charge in [0.2, 0.25) is 8.32 Å². The minimum absolute atomic E-state index is 0.00303. The maximum atomic E-state index is 7.78. The van der Waals surface area contributed by atoms with Crippen LogP contribution in [0.25, 0.3) is 0 Å². The van der Waals surface area contributed by atoms with Crippen molar-refractivity contribution in [3.63, 3.8) is 0 Å². The average Bonchev–Trinajstić information content (AvgIpc) is 3.32. The summed E-state index contributed by atoms with van der Waals surface area (Å²) in [7, 11) is -5.45. The molecule has 2 aliphatic heterocycles. The monoisotopic (exact) mass is 1000 g/mol. The van der Waals surface area contributed by atoms with Crippen LogP contribution in [-0.2, 0) is 34.1 Å². The summed E-state index contributed by atoms with van der Waals surface area (Å²) in [6.45, 7) is 39.7. The van der Waals surface area contributed by atoms with Crippen molar-refractivity contribution in [2.75, 3.05) is 20.3 Å². The largest absolute Gasteiger partial charge is 0.497 e. The van der Waals surface area contributed by atoms with Crippen LogP contribution in [0.4, 0.5) is 0 Å². The van der Waals surface area contributed by atoms with Gasteiger partial charge in [0.05, 0.1) is 50.5 Å². The van der Waals surface area contributed by atoms with Gasteiger partial charge in [-0.3, -0.25) is 0 Å². The van der Waals surface area contributed by atoms with Crippen molar-refractivity contribution in [3.8, 4) is 5.75 Å². The molecule has 10 heteroatoms. The molecular formula is C59H96O7Si3. The number of benzene rings is 3. The van der Waals surface area contributed by atoms with E-state index >= 15 is 0 Å². The van der Waals surface area contributed by atoms with Gasteiger partial charge in [0, 0.05) is 24.4 Å².